The minimum Gasteiger partial charge on any atom is -0.392 e. The average Bonchev–Trinajstić information content (AvgIpc) is 2.80. The van der Waals surface area contributed by atoms with E-state index < -0.39 is 0 Å². The summed E-state index contributed by atoms with van der Waals surface area (Å²) >= 11 is 0. The van der Waals surface area contributed by atoms with Gasteiger partial charge in [-0.3, -0.25) is 4.90 Å². The van der Waals surface area contributed by atoms with Crippen LogP contribution in [-0.4, -0.2) is 48.1 Å². The van der Waals surface area contributed by atoms with Crippen molar-refractivity contribution >= 4 is 0 Å². The second-order valence-electron chi connectivity index (χ2n) is 6.93. The zero-order valence-corrected chi connectivity index (χ0v) is 14.8. The Labute approximate surface area is 145 Å². The molecule has 1 aliphatic rings. The largest absolute Gasteiger partial charge is 0.392 e. The summed E-state index contributed by atoms with van der Waals surface area (Å²) in [4.78, 5) is 4.97. The van der Waals surface area contributed by atoms with Crippen LogP contribution in [0.5, 0.6) is 0 Å². The van der Waals surface area contributed by atoms with E-state index >= 15 is 0 Å². The standard InChI is InChI=1S/C21H28N2O/c1-17-14-20(8-9-21(17)16-24)19-6-4-18(5-7-19)15-23-11-3-10-22(2)12-13-23/h4-9,14,24H,3,10-13,15-16H2,1-2H3. The molecule has 0 unspecified atom stereocenters. The molecule has 0 bridgehead atoms. The van der Waals surface area contributed by atoms with E-state index in [4.69, 9.17) is 0 Å². The number of benzene rings is 2. The van der Waals surface area contributed by atoms with Crippen LogP contribution in [0.25, 0.3) is 11.1 Å². The summed E-state index contributed by atoms with van der Waals surface area (Å²) in [7, 11) is 2.21. The fourth-order valence-electron chi connectivity index (χ4n) is 3.37. The molecule has 0 aliphatic carbocycles. The SMILES string of the molecule is Cc1cc(-c2ccc(CN3CCCN(C)CC3)cc2)ccc1CO. The van der Waals surface area contributed by atoms with Crippen molar-refractivity contribution < 1.29 is 5.11 Å². The Morgan fingerprint density at radius 2 is 1.67 bits per heavy atom. The van der Waals surface area contributed by atoms with Gasteiger partial charge in [-0.2, -0.15) is 0 Å². The molecule has 0 amide bonds. The summed E-state index contributed by atoms with van der Waals surface area (Å²) < 4.78 is 0. The van der Waals surface area contributed by atoms with Gasteiger partial charge in [-0.15, -0.1) is 0 Å². The molecule has 1 aliphatic heterocycles. The van der Waals surface area contributed by atoms with Gasteiger partial charge in [0.05, 0.1) is 6.61 Å². The highest BCUT2D eigenvalue weighted by molar-refractivity contribution is 5.65. The summed E-state index contributed by atoms with van der Waals surface area (Å²) in [6.45, 7) is 7.91. The molecule has 0 spiro atoms. The molecule has 3 rings (SSSR count). The topological polar surface area (TPSA) is 26.7 Å². The number of hydrogen-bond donors (Lipinski definition) is 1. The summed E-state index contributed by atoms with van der Waals surface area (Å²) in [5.74, 6) is 0. The number of nitrogens with zero attached hydrogens (tertiary/aromatic N) is 2. The number of aliphatic hydroxyl groups excluding tert-OH is 1. The van der Waals surface area contributed by atoms with Crippen molar-refractivity contribution in [2.24, 2.45) is 0 Å². The Bertz CT molecular complexity index is 666. The number of rotatable bonds is 4. The van der Waals surface area contributed by atoms with Gasteiger partial charge in [0.25, 0.3) is 0 Å². The van der Waals surface area contributed by atoms with Gasteiger partial charge in [0.15, 0.2) is 0 Å². The fraction of sp³-hybridized carbons (Fsp3) is 0.429. The molecule has 0 aromatic heterocycles. The maximum atomic E-state index is 9.30. The van der Waals surface area contributed by atoms with Crippen molar-refractivity contribution in [1.82, 2.24) is 9.80 Å². The molecule has 0 atom stereocenters. The smallest absolute Gasteiger partial charge is 0.0684 e. The lowest BCUT2D eigenvalue weighted by molar-refractivity contribution is 0.269. The van der Waals surface area contributed by atoms with Crippen LogP contribution < -0.4 is 0 Å². The fourth-order valence-corrected chi connectivity index (χ4v) is 3.37. The molecule has 2 aromatic carbocycles. The van der Waals surface area contributed by atoms with Gasteiger partial charge in [-0.25, -0.2) is 0 Å². The van der Waals surface area contributed by atoms with Crippen molar-refractivity contribution in [2.45, 2.75) is 26.5 Å². The van der Waals surface area contributed by atoms with Crippen LogP contribution >= 0.6 is 0 Å². The lowest BCUT2D eigenvalue weighted by Crippen LogP contribution is -2.28. The summed E-state index contributed by atoms with van der Waals surface area (Å²) in [5.41, 5.74) is 5.98. The first-order valence-corrected chi connectivity index (χ1v) is 8.86. The summed E-state index contributed by atoms with van der Waals surface area (Å²) in [6, 6.07) is 15.2. The zero-order valence-electron chi connectivity index (χ0n) is 14.8. The quantitative estimate of drug-likeness (QED) is 0.935. The first-order valence-electron chi connectivity index (χ1n) is 8.86. The summed E-state index contributed by atoms with van der Waals surface area (Å²) in [6.07, 6.45) is 1.26. The Morgan fingerprint density at radius 1 is 0.917 bits per heavy atom. The van der Waals surface area contributed by atoms with Crippen LogP contribution in [0.2, 0.25) is 0 Å². The molecule has 1 N–H and O–H groups in total. The second-order valence-corrected chi connectivity index (χ2v) is 6.93. The molecular weight excluding hydrogens is 296 g/mol. The van der Waals surface area contributed by atoms with E-state index in [0.717, 1.165) is 30.8 Å². The zero-order chi connectivity index (χ0) is 16.9. The molecule has 128 valence electrons. The van der Waals surface area contributed by atoms with E-state index in [1.807, 2.05) is 6.07 Å². The monoisotopic (exact) mass is 324 g/mol. The third-order valence-corrected chi connectivity index (χ3v) is 5.02. The third kappa shape index (κ3) is 4.23. The second kappa shape index (κ2) is 7.93. The Balaban J connectivity index is 1.68. The first kappa shape index (κ1) is 17.2. The first-order chi connectivity index (χ1) is 11.7. The third-order valence-electron chi connectivity index (χ3n) is 5.02. The lowest BCUT2D eigenvalue weighted by Gasteiger charge is -2.20. The van der Waals surface area contributed by atoms with E-state index in [1.165, 1.54) is 36.2 Å². The molecule has 24 heavy (non-hydrogen) atoms. The predicted molar refractivity (Wildman–Crippen MR) is 99.9 cm³/mol. The minimum absolute atomic E-state index is 0.107. The highest BCUT2D eigenvalue weighted by Crippen LogP contribution is 2.23. The van der Waals surface area contributed by atoms with E-state index in [9.17, 15) is 5.11 Å². The van der Waals surface area contributed by atoms with E-state index in [1.54, 1.807) is 0 Å². The predicted octanol–water partition coefficient (Wildman–Crippen LogP) is 3.29. The van der Waals surface area contributed by atoms with Crippen molar-refractivity contribution in [1.29, 1.82) is 0 Å². The van der Waals surface area contributed by atoms with Crippen molar-refractivity contribution in [3.63, 3.8) is 0 Å². The van der Waals surface area contributed by atoms with Gasteiger partial charge in [0.2, 0.25) is 0 Å². The number of aryl methyl sites for hydroxylation is 1. The highest BCUT2D eigenvalue weighted by atomic mass is 16.3. The number of aliphatic hydroxyl groups is 1. The molecule has 0 radical (unpaired) electrons. The van der Waals surface area contributed by atoms with Gasteiger partial charge in [0, 0.05) is 19.6 Å². The molecule has 2 aromatic rings. The van der Waals surface area contributed by atoms with E-state index in [0.29, 0.717) is 0 Å². The van der Waals surface area contributed by atoms with Gasteiger partial charge < -0.3 is 10.0 Å². The maximum Gasteiger partial charge on any atom is 0.0684 e. The van der Waals surface area contributed by atoms with Gasteiger partial charge in [0.1, 0.15) is 0 Å². The highest BCUT2D eigenvalue weighted by Gasteiger charge is 2.12. The molecule has 1 heterocycles. The Morgan fingerprint density at radius 3 is 2.38 bits per heavy atom. The molecule has 1 fully saturated rings. The molecule has 3 nitrogen and oxygen atoms in total. The number of hydrogen-bond acceptors (Lipinski definition) is 3. The van der Waals surface area contributed by atoms with Crippen LogP contribution in [0.4, 0.5) is 0 Å². The lowest BCUT2D eigenvalue weighted by atomic mass is 9.99. The van der Waals surface area contributed by atoms with Crippen LogP contribution in [0.15, 0.2) is 42.5 Å². The minimum atomic E-state index is 0.107. The van der Waals surface area contributed by atoms with Crippen molar-refractivity contribution in [3.8, 4) is 11.1 Å². The molecular formula is C21H28N2O. The van der Waals surface area contributed by atoms with E-state index in [-0.39, 0.29) is 6.61 Å². The van der Waals surface area contributed by atoms with E-state index in [2.05, 4.69) is 60.2 Å². The van der Waals surface area contributed by atoms with Crippen LogP contribution in [-0.2, 0) is 13.2 Å². The number of likely N-dealkylation sites (N-methyl/N-ethyl adjacent to an activating group) is 1. The van der Waals surface area contributed by atoms with Crippen LogP contribution in [0.1, 0.15) is 23.1 Å². The Kier molecular flexibility index (Phi) is 5.67. The van der Waals surface area contributed by atoms with Gasteiger partial charge >= 0.3 is 0 Å². The average molecular weight is 324 g/mol. The van der Waals surface area contributed by atoms with Gasteiger partial charge in [-0.1, -0.05) is 42.5 Å². The van der Waals surface area contributed by atoms with Crippen LogP contribution in [0, 0.1) is 6.92 Å². The Hall–Kier alpha value is -1.68. The normalized spacial score (nSPS) is 17.0. The van der Waals surface area contributed by atoms with Crippen molar-refractivity contribution in [2.75, 3.05) is 33.2 Å². The van der Waals surface area contributed by atoms with Crippen LogP contribution in [0.3, 0.4) is 0 Å². The summed E-state index contributed by atoms with van der Waals surface area (Å²) in [5, 5.41) is 9.30. The molecule has 3 heteroatoms. The molecule has 1 saturated heterocycles. The van der Waals surface area contributed by atoms with Crippen molar-refractivity contribution in [3.05, 3.63) is 59.2 Å². The molecule has 0 saturated carbocycles. The van der Waals surface area contributed by atoms with Gasteiger partial charge in [-0.05, 0) is 61.3 Å². The maximum absolute atomic E-state index is 9.30.